The summed E-state index contributed by atoms with van der Waals surface area (Å²) in [6.07, 6.45) is 3.32. The lowest BCUT2D eigenvalue weighted by atomic mass is 10.1. The Balaban J connectivity index is 2.52. The van der Waals surface area contributed by atoms with Crippen molar-refractivity contribution in [2.45, 2.75) is 19.4 Å². The molecule has 84 valence electrons. The third-order valence-electron chi connectivity index (χ3n) is 2.51. The monoisotopic (exact) mass is 236 g/mol. The van der Waals surface area contributed by atoms with Gasteiger partial charge in [-0.05, 0) is 25.3 Å². The number of hydrogen-bond acceptors (Lipinski definition) is 3. The number of hydrogen-bond donors (Lipinski definition) is 1. The van der Waals surface area contributed by atoms with Gasteiger partial charge in [-0.1, -0.05) is 6.07 Å². The van der Waals surface area contributed by atoms with Gasteiger partial charge >= 0.3 is 5.97 Å². The number of imidazole rings is 1. The normalized spacial score (nSPS) is 11.6. The molecule has 1 N–H and O–H groups in total. The second kappa shape index (κ2) is 3.75. The maximum atomic E-state index is 11.2. The summed E-state index contributed by atoms with van der Waals surface area (Å²) in [5.74, 6) is -0.175. The van der Waals surface area contributed by atoms with Gasteiger partial charge in [-0.15, -0.1) is 11.3 Å². The van der Waals surface area contributed by atoms with Gasteiger partial charge in [0.1, 0.15) is 5.54 Å². The molecule has 0 amide bonds. The predicted octanol–water partition coefficient (Wildman–Crippen LogP) is 2.43. The molecule has 2 rings (SSSR count). The van der Waals surface area contributed by atoms with E-state index in [1.54, 1.807) is 42.1 Å². The van der Waals surface area contributed by atoms with Crippen LogP contribution in [0.4, 0.5) is 0 Å². The SMILES string of the molecule is CC(C)(C(=O)O)n1ccnc1-c1cccs1. The zero-order valence-corrected chi connectivity index (χ0v) is 9.86. The molecule has 16 heavy (non-hydrogen) atoms. The van der Waals surface area contributed by atoms with Crippen LogP contribution in [-0.2, 0) is 10.3 Å². The van der Waals surface area contributed by atoms with E-state index in [0.717, 1.165) is 4.88 Å². The van der Waals surface area contributed by atoms with Crippen molar-refractivity contribution < 1.29 is 9.90 Å². The van der Waals surface area contributed by atoms with Crippen LogP contribution in [-0.4, -0.2) is 20.6 Å². The molecule has 2 heterocycles. The number of carbonyl (C=O) groups is 1. The Bertz CT molecular complexity index is 500. The Morgan fingerprint density at radius 3 is 2.88 bits per heavy atom. The smallest absolute Gasteiger partial charge is 0.329 e. The predicted molar refractivity (Wildman–Crippen MR) is 62.5 cm³/mol. The molecule has 4 nitrogen and oxygen atoms in total. The fraction of sp³-hybridized carbons (Fsp3) is 0.273. The lowest BCUT2D eigenvalue weighted by Gasteiger charge is -2.23. The molecule has 0 saturated heterocycles. The van der Waals surface area contributed by atoms with Gasteiger partial charge in [0.15, 0.2) is 5.82 Å². The van der Waals surface area contributed by atoms with Gasteiger partial charge in [0.25, 0.3) is 0 Å². The quantitative estimate of drug-likeness (QED) is 0.890. The van der Waals surface area contributed by atoms with Crippen molar-refractivity contribution in [1.29, 1.82) is 0 Å². The van der Waals surface area contributed by atoms with Crippen molar-refractivity contribution in [3.63, 3.8) is 0 Å². The molecule has 0 radical (unpaired) electrons. The van der Waals surface area contributed by atoms with E-state index in [1.807, 2.05) is 17.5 Å². The minimum Gasteiger partial charge on any atom is -0.480 e. The van der Waals surface area contributed by atoms with Crippen LogP contribution < -0.4 is 0 Å². The maximum Gasteiger partial charge on any atom is 0.329 e. The standard InChI is InChI=1S/C11H12N2O2S/c1-11(2,10(14)15)13-6-5-12-9(13)8-4-3-7-16-8/h3-7H,1-2H3,(H,14,15). The lowest BCUT2D eigenvalue weighted by molar-refractivity contribution is -0.145. The van der Waals surface area contributed by atoms with Crippen LogP contribution in [0, 0.1) is 0 Å². The number of thiophene rings is 1. The number of rotatable bonds is 3. The molecule has 0 spiro atoms. The number of aliphatic carboxylic acids is 1. The van der Waals surface area contributed by atoms with E-state index in [9.17, 15) is 9.90 Å². The van der Waals surface area contributed by atoms with E-state index in [2.05, 4.69) is 4.98 Å². The molecule has 0 atom stereocenters. The zero-order valence-electron chi connectivity index (χ0n) is 9.04. The minimum atomic E-state index is -0.990. The second-order valence-corrected chi connectivity index (χ2v) is 4.91. The van der Waals surface area contributed by atoms with Crippen LogP contribution in [0.5, 0.6) is 0 Å². The summed E-state index contributed by atoms with van der Waals surface area (Å²) in [6, 6.07) is 3.86. The summed E-state index contributed by atoms with van der Waals surface area (Å²) in [6.45, 7) is 3.32. The number of nitrogens with zero attached hydrogens (tertiary/aromatic N) is 2. The van der Waals surface area contributed by atoms with Crippen molar-refractivity contribution in [3.05, 3.63) is 29.9 Å². The molecule has 5 heteroatoms. The molecule has 0 aliphatic carbocycles. The molecule has 0 aliphatic rings. The Morgan fingerprint density at radius 2 is 2.31 bits per heavy atom. The van der Waals surface area contributed by atoms with Gasteiger partial charge in [-0.2, -0.15) is 0 Å². The molecule has 0 aliphatic heterocycles. The van der Waals surface area contributed by atoms with E-state index < -0.39 is 11.5 Å². The maximum absolute atomic E-state index is 11.2. The molecule has 2 aromatic heterocycles. The Hall–Kier alpha value is -1.62. The van der Waals surface area contributed by atoms with Crippen molar-refractivity contribution in [2.75, 3.05) is 0 Å². The largest absolute Gasteiger partial charge is 0.480 e. The molecular formula is C11H12N2O2S. The Labute approximate surface area is 97.2 Å². The van der Waals surface area contributed by atoms with Gasteiger partial charge in [-0.3, -0.25) is 0 Å². The average Bonchev–Trinajstić information content (AvgIpc) is 2.88. The lowest BCUT2D eigenvalue weighted by Crippen LogP contribution is -2.35. The summed E-state index contributed by atoms with van der Waals surface area (Å²) in [5, 5.41) is 11.1. The minimum absolute atomic E-state index is 0.697. The first-order valence-electron chi connectivity index (χ1n) is 4.84. The third-order valence-corrected chi connectivity index (χ3v) is 3.37. The van der Waals surface area contributed by atoms with Crippen molar-refractivity contribution >= 4 is 17.3 Å². The summed E-state index contributed by atoms with van der Waals surface area (Å²) >= 11 is 1.55. The van der Waals surface area contributed by atoms with Gasteiger partial charge in [0.2, 0.25) is 0 Å². The van der Waals surface area contributed by atoms with Crippen molar-refractivity contribution in [2.24, 2.45) is 0 Å². The van der Waals surface area contributed by atoms with Gasteiger partial charge < -0.3 is 9.67 Å². The highest BCUT2D eigenvalue weighted by molar-refractivity contribution is 7.13. The Morgan fingerprint density at radius 1 is 1.56 bits per heavy atom. The highest BCUT2D eigenvalue weighted by Gasteiger charge is 2.31. The molecule has 0 fully saturated rings. The highest BCUT2D eigenvalue weighted by Crippen LogP contribution is 2.28. The average molecular weight is 236 g/mol. The zero-order chi connectivity index (χ0) is 11.8. The van der Waals surface area contributed by atoms with E-state index in [1.165, 1.54) is 0 Å². The van der Waals surface area contributed by atoms with Crippen LogP contribution >= 0.6 is 11.3 Å². The number of aromatic nitrogens is 2. The summed E-state index contributed by atoms with van der Waals surface area (Å²) in [5.41, 5.74) is -0.990. The van der Waals surface area contributed by atoms with Crippen LogP contribution in [0.25, 0.3) is 10.7 Å². The molecular weight excluding hydrogens is 224 g/mol. The van der Waals surface area contributed by atoms with Crippen molar-refractivity contribution in [1.82, 2.24) is 9.55 Å². The van der Waals surface area contributed by atoms with Crippen LogP contribution in [0.15, 0.2) is 29.9 Å². The summed E-state index contributed by atoms with van der Waals surface area (Å²) in [4.78, 5) is 16.4. The van der Waals surface area contributed by atoms with Gasteiger partial charge in [0.05, 0.1) is 4.88 Å². The van der Waals surface area contributed by atoms with E-state index in [0.29, 0.717) is 5.82 Å². The molecule has 0 bridgehead atoms. The Kier molecular flexibility index (Phi) is 2.55. The first-order chi connectivity index (χ1) is 7.53. The fourth-order valence-corrected chi connectivity index (χ4v) is 2.16. The number of carboxylic acid groups (broad SMARTS) is 1. The molecule has 0 aromatic carbocycles. The fourth-order valence-electron chi connectivity index (χ4n) is 1.45. The van der Waals surface area contributed by atoms with E-state index in [4.69, 9.17) is 0 Å². The van der Waals surface area contributed by atoms with E-state index in [-0.39, 0.29) is 0 Å². The first kappa shape index (κ1) is 10.9. The van der Waals surface area contributed by atoms with Crippen LogP contribution in [0.2, 0.25) is 0 Å². The first-order valence-corrected chi connectivity index (χ1v) is 5.72. The second-order valence-electron chi connectivity index (χ2n) is 3.96. The third kappa shape index (κ3) is 1.63. The van der Waals surface area contributed by atoms with Gasteiger partial charge in [0, 0.05) is 12.4 Å². The topological polar surface area (TPSA) is 55.1 Å². The summed E-state index contributed by atoms with van der Waals surface area (Å²) < 4.78 is 1.68. The molecule has 2 aromatic rings. The number of carboxylic acids is 1. The van der Waals surface area contributed by atoms with Crippen molar-refractivity contribution in [3.8, 4) is 10.7 Å². The van der Waals surface area contributed by atoms with Crippen LogP contribution in [0.3, 0.4) is 0 Å². The highest BCUT2D eigenvalue weighted by atomic mass is 32.1. The molecule has 0 saturated carbocycles. The van der Waals surface area contributed by atoms with E-state index >= 15 is 0 Å². The summed E-state index contributed by atoms with van der Waals surface area (Å²) in [7, 11) is 0. The van der Waals surface area contributed by atoms with Gasteiger partial charge in [-0.25, -0.2) is 9.78 Å². The molecule has 0 unspecified atom stereocenters. The van der Waals surface area contributed by atoms with Crippen LogP contribution in [0.1, 0.15) is 13.8 Å².